The number of nitrogens with zero attached hydrogens (tertiary/aromatic N) is 3. The van der Waals surface area contributed by atoms with Crippen LogP contribution in [0.3, 0.4) is 0 Å². The highest BCUT2D eigenvalue weighted by Gasteiger charge is 2.40. The minimum atomic E-state index is 0.119. The van der Waals surface area contributed by atoms with Crippen molar-refractivity contribution in [1.82, 2.24) is 25.9 Å². The van der Waals surface area contributed by atoms with E-state index in [0.717, 1.165) is 24.0 Å². The summed E-state index contributed by atoms with van der Waals surface area (Å²) in [5.41, 5.74) is 8.28. The van der Waals surface area contributed by atoms with E-state index >= 15 is 0 Å². The van der Waals surface area contributed by atoms with Gasteiger partial charge in [-0.1, -0.05) is 30.7 Å². The molecule has 1 amide bonds. The van der Waals surface area contributed by atoms with E-state index in [1.54, 1.807) is 0 Å². The molecule has 7 nitrogen and oxygen atoms in total. The average Bonchev–Trinajstić information content (AvgIpc) is 3.14. The molecule has 2 aliphatic carbocycles. The van der Waals surface area contributed by atoms with Gasteiger partial charge in [0.15, 0.2) is 0 Å². The fourth-order valence-corrected chi connectivity index (χ4v) is 4.39. The van der Waals surface area contributed by atoms with Crippen LogP contribution in [0, 0.1) is 17.8 Å². The lowest BCUT2D eigenvalue weighted by atomic mass is 9.65. The predicted molar refractivity (Wildman–Crippen MR) is 93.0 cm³/mol. The second kappa shape index (κ2) is 6.92. The first-order chi connectivity index (χ1) is 12.2. The van der Waals surface area contributed by atoms with E-state index in [1.165, 1.54) is 19.3 Å². The third-order valence-electron chi connectivity index (χ3n) is 5.81. The number of nitrogens with one attached hydrogen (secondary N) is 2. The largest absolute Gasteiger partial charge is 0.352 e. The normalized spacial score (nSPS) is 28.5. The van der Waals surface area contributed by atoms with Crippen LogP contribution in [-0.2, 0) is 11.3 Å². The van der Waals surface area contributed by atoms with E-state index in [4.69, 9.17) is 5.73 Å². The van der Waals surface area contributed by atoms with Crippen molar-refractivity contribution in [2.24, 2.45) is 23.5 Å². The first kappa shape index (κ1) is 16.2. The number of tetrazole rings is 1. The summed E-state index contributed by atoms with van der Waals surface area (Å²) < 4.78 is 0. The summed E-state index contributed by atoms with van der Waals surface area (Å²) in [6.07, 6.45) is 5.52. The Morgan fingerprint density at radius 1 is 1.20 bits per heavy atom. The molecule has 2 aliphatic rings. The number of amides is 1. The molecule has 2 bridgehead atoms. The van der Waals surface area contributed by atoms with Crippen LogP contribution in [0.4, 0.5) is 0 Å². The van der Waals surface area contributed by atoms with Crippen LogP contribution in [-0.4, -0.2) is 32.6 Å². The quantitative estimate of drug-likeness (QED) is 0.784. The van der Waals surface area contributed by atoms with Gasteiger partial charge in [0.05, 0.1) is 0 Å². The highest BCUT2D eigenvalue weighted by Crippen LogP contribution is 2.41. The molecule has 25 heavy (non-hydrogen) atoms. The van der Waals surface area contributed by atoms with Crippen molar-refractivity contribution >= 4 is 5.91 Å². The number of carbonyl (C=O) groups excluding carboxylic acids is 1. The maximum absolute atomic E-state index is 12.6. The molecule has 1 aromatic carbocycles. The second-order valence-electron chi connectivity index (χ2n) is 7.35. The van der Waals surface area contributed by atoms with Crippen molar-refractivity contribution in [3.8, 4) is 11.4 Å². The molecule has 1 heterocycles. The van der Waals surface area contributed by atoms with Crippen molar-refractivity contribution < 1.29 is 4.79 Å². The fraction of sp³-hybridized carbons (Fsp3) is 0.556. The summed E-state index contributed by atoms with van der Waals surface area (Å²) in [4.78, 5) is 12.6. The Bertz CT molecular complexity index is 700. The van der Waals surface area contributed by atoms with Gasteiger partial charge in [-0.05, 0) is 48.3 Å². The Hall–Kier alpha value is -2.28. The van der Waals surface area contributed by atoms with Crippen LogP contribution in [0.15, 0.2) is 24.3 Å². The summed E-state index contributed by atoms with van der Waals surface area (Å²) in [5, 5.41) is 17.0. The number of rotatable bonds is 4. The van der Waals surface area contributed by atoms with E-state index in [-0.39, 0.29) is 11.8 Å². The lowest BCUT2D eigenvalue weighted by Gasteiger charge is -2.43. The minimum absolute atomic E-state index is 0.119. The van der Waals surface area contributed by atoms with Crippen molar-refractivity contribution in [1.29, 1.82) is 0 Å². The zero-order chi connectivity index (χ0) is 17.2. The Morgan fingerprint density at radius 3 is 2.56 bits per heavy atom. The third kappa shape index (κ3) is 3.42. The van der Waals surface area contributed by atoms with Crippen molar-refractivity contribution in [3.05, 3.63) is 29.8 Å². The first-order valence-corrected chi connectivity index (χ1v) is 9.07. The Labute approximate surface area is 146 Å². The van der Waals surface area contributed by atoms with Gasteiger partial charge in [0.1, 0.15) is 0 Å². The van der Waals surface area contributed by atoms with E-state index in [2.05, 4.69) is 25.9 Å². The molecule has 0 aliphatic heterocycles. The topological polar surface area (TPSA) is 110 Å². The maximum atomic E-state index is 12.6. The van der Waals surface area contributed by atoms with Gasteiger partial charge in [-0.3, -0.25) is 4.79 Å². The molecule has 0 saturated heterocycles. The molecule has 7 heteroatoms. The van der Waals surface area contributed by atoms with Crippen molar-refractivity contribution in [3.63, 3.8) is 0 Å². The number of nitrogens with two attached hydrogens (primary N) is 1. The summed E-state index contributed by atoms with van der Waals surface area (Å²) in [6, 6.07) is 8.15. The Balaban J connectivity index is 1.33. The van der Waals surface area contributed by atoms with Crippen molar-refractivity contribution in [2.45, 2.75) is 44.7 Å². The number of hydrogen-bond acceptors (Lipinski definition) is 5. The number of H-pyrrole nitrogens is 1. The van der Waals surface area contributed by atoms with E-state index in [9.17, 15) is 4.79 Å². The lowest BCUT2D eigenvalue weighted by Crippen LogP contribution is -2.49. The van der Waals surface area contributed by atoms with Gasteiger partial charge in [0.25, 0.3) is 0 Å². The number of carbonyl (C=O) groups is 1. The summed E-state index contributed by atoms with van der Waals surface area (Å²) >= 11 is 0. The molecule has 2 unspecified atom stereocenters. The van der Waals surface area contributed by atoms with Gasteiger partial charge < -0.3 is 11.1 Å². The smallest absolute Gasteiger partial charge is 0.223 e. The van der Waals surface area contributed by atoms with Gasteiger partial charge in [-0.15, -0.1) is 10.2 Å². The van der Waals surface area contributed by atoms with Crippen LogP contribution >= 0.6 is 0 Å². The van der Waals surface area contributed by atoms with Crippen molar-refractivity contribution in [2.75, 3.05) is 0 Å². The van der Waals surface area contributed by atoms with Crippen LogP contribution in [0.25, 0.3) is 11.4 Å². The van der Waals surface area contributed by atoms with Gasteiger partial charge in [-0.25, -0.2) is 0 Å². The predicted octanol–water partition coefficient (Wildman–Crippen LogP) is 1.64. The standard InChI is InChI=1S/C18H24N6O/c19-16-13-2-1-3-14(16)9-15(8-13)18(25)20-10-11-4-6-12(7-5-11)17-21-23-24-22-17/h4-7,13-16H,1-3,8-10,19H2,(H,20,25)(H,21,22,23,24). The SMILES string of the molecule is NC1C2CCCC1CC(C(=O)NCc1ccc(-c3nn[nH]n3)cc1)C2. The number of hydrogen-bond donors (Lipinski definition) is 3. The molecule has 132 valence electrons. The fourth-order valence-electron chi connectivity index (χ4n) is 4.39. The molecule has 4 rings (SSSR count). The van der Waals surface area contributed by atoms with Crippen LogP contribution in [0.1, 0.15) is 37.7 Å². The lowest BCUT2D eigenvalue weighted by molar-refractivity contribution is -0.128. The second-order valence-corrected chi connectivity index (χ2v) is 7.35. The van der Waals surface area contributed by atoms with Gasteiger partial charge in [-0.2, -0.15) is 5.21 Å². The van der Waals surface area contributed by atoms with Gasteiger partial charge in [0, 0.05) is 24.1 Å². The molecule has 0 radical (unpaired) electrons. The number of benzene rings is 1. The van der Waals surface area contributed by atoms with E-state index in [0.29, 0.717) is 30.2 Å². The molecule has 2 fully saturated rings. The maximum Gasteiger partial charge on any atom is 0.223 e. The first-order valence-electron chi connectivity index (χ1n) is 9.07. The molecule has 2 atom stereocenters. The van der Waals surface area contributed by atoms with Crippen LogP contribution < -0.4 is 11.1 Å². The monoisotopic (exact) mass is 340 g/mol. The summed E-state index contributed by atoms with van der Waals surface area (Å²) in [7, 11) is 0. The summed E-state index contributed by atoms with van der Waals surface area (Å²) in [6.45, 7) is 0.545. The molecular weight excluding hydrogens is 316 g/mol. The van der Waals surface area contributed by atoms with Crippen LogP contribution in [0.5, 0.6) is 0 Å². The Kier molecular flexibility index (Phi) is 4.48. The highest BCUT2D eigenvalue weighted by molar-refractivity contribution is 5.78. The highest BCUT2D eigenvalue weighted by atomic mass is 16.1. The van der Waals surface area contributed by atoms with E-state index in [1.807, 2.05) is 24.3 Å². The van der Waals surface area contributed by atoms with Gasteiger partial charge in [0.2, 0.25) is 11.7 Å². The van der Waals surface area contributed by atoms with E-state index < -0.39 is 0 Å². The molecule has 4 N–H and O–H groups in total. The van der Waals surface area contributed by atoms with Crippen LogP contribution in [0.2, 0.25) is 0 Å². The number of fused-ring (bicyclic) bond motifs is 2. The zero-order valence-electron chi connectivity index (χ0n) is 14.2. The zero-order valence-corrected chi connectivity index (χ0v) is 14.2. The summed E-state index contributed by atoms with van der Waals surface area (Å²) in [5.74, 6) is 1.91. The number of aromatic nitrogens is 4. The molecule has 0 spiro atoms. The molecule has 2 aromatic rings. The molecule has 2 saturated carbocycles. The number of aromatic amines is 1. The third-order valence-corrected chi connectivity index (χ3v) is 5.81. The molecular formula is C18H24N6O. The van der Waals surface area contributed by atoms with Gasteiger partial charge >= 0.3 is 0 Å². The minimum Gasteiger partial charge on any atom is -0.352 e. The average molecular weight is 340 g/mol. The molecule has 1 aromatic heterocycles. The Morgan fingerprint density at radius 2 is 1.92 bits per heavy atom.